The zero-order chi connectivity index (χ0) is 15.4. The molecule has 2 aromatic carbocycles. The van der Waals surface area contributed by atoms with Crippen LogP contribution < -0.4 is 10.6 Å². The summed E-state index contributed by atoms with van der Waals surface area (Å²) in [5.74, 6) is 0. The fourth-order valence-electron chi connectivity index (χ4n) is 2.21. The summed E-state index contributed by atoms with van der Waals surface area (Å²) in [5.41, 5.74) is 9.90. The topological polar surface area (TPSA) is 53.0 Å². The normalized spacial score (nSPS) is 11.8. The predicted molar refractivity (Wildman–Crippen MR) is 90.0 cm³/mol. The number of rotatable bonds is 4. The van der Waals surface area contributed by atoms with Crippen LogP contribution >= 0.6 is 15.9 Å². The SMILES string of the molecule is CC(N)c1ccc(N(C)Cc2cccc(C#N)c2)c(Br)c1. The Hall–Kier alpha value is -1.83. The molecular weight excluding hydrogens is 326 g/mol. The third-order valence-electron chi connectivity index (χ3n) is 3.38. The summed E-state index contributed by atoms with van der Waals surface area (Å²) in [6.45, 7) is 2.71. The van der Waals surface area contributed by atoms with E-state index in [1.54, 1.807) is 0 Å². The summed E-state index contributed by atoms with van der Waals surface area (Å²) in [4.78, 5) is 2.14. The second-order valence-corrected chi connectivity index (χ2v) is 6.02. The zero-order valence-electron chi connectivity index (χ0n) is 12.2. The van der Waals surface area contributed by atoms with E-state index in [0.717, 1.165) is 27.8 Å². The van der Waals surface area contributed by atoms with Crippen molar-refractivity contribution in [2.24, 2.45) is 5.73 Å². The second-order valence-electron chi connectivity index (χ2n) is 5.17. The van der Waals surface area contributed by atoms with Crippen molar-refractivity contribution in [2.75, 3.05) is 11.9 Å². The van der Waals surface area contributed by atoms with Crippen molar-refractivity contribution in [1.82, 2.24) is 0 Å². The number of nitriles is 1. The van der Waals surface area contributed by atoms with Gasteiger partial charge in [0, 0.05) is 24.1 Å². The lowest BCUT2D eigenvalue weighted by Gasteiger charge is -2.22. The van der Waals surface area contributed by atoms with Crippen molar-refractivity contribution >= 4 is 21.6 Å². The molecule has 0 saturated heterocycles. The average Bonchev–Trinajstić information content (AvgIpc) is 2.47. The number of anilines is 1. The summed E-state index contributed by atoms with van der Waals surface area (Å²) in [7, 11) is 2.03. The highest BCUT2D eigenvalue weighted by Crippen LogP contribution is 2.29. The molecular formula is C17H18BrN3. The molecule has 0 heterocycles. The maximum atomic E-state index is 8.96. The van der Waals surface area contributed by atoms with Crippen molar-refractivity contribution in [3.63, 3.8) is 0 Å². The Morgan fingerprint density at radius 1 is 1.29 bits per heavy atom. The monoisotopic (exact) mass is 343 g/mol. The van der Waals surface area contributed by atoms with Crippen molar-refractivity contribution in [1.29, 1.82) is 5.26 Å². The smallest absolute Gasteiger partial charge is 0.0991 e. The molecule has 1 unspecified atom stereocenters. The Kier molecular flexibility index (Phi) is 5.00. The number of hydrogen-bond donors (Lipinski definition) is 1. The number of nitrogens with two attached hydrogens (primary N) is 1. The second kappa shape index (κ2) is 6.75. The first-order chi connectivity index (χ1) is 10.0. The molecule has 2 N–H and O–H groups in total. The van der Waals surface area contributed by atoms with Crippen LogP contribution in [0.5, 0.6) is 0 Å². The van der Waals surface area contributed by atoms with Crippen molar-refractivity contribution in [3.8, 4) is 6.07 Å². The molecule has 1 atom stereocenters. The largest absolute Gasteiger partial charge is 0.369 e. The molecule has 0 fully saturated rings. The highest BCUT2D eigenvalue weighted by atomic mass is 79.9. The quantitative estimate of drug-likeness (QED) is 0.913. The summed E-state index contributed by atoms with van der Waals surface area (Å²) < 4.78 is 1.02. The van der Waals surface area contributed by atoms with Gasteiger partial charge in [-0.2, -0.15) is 5.26 Å². The molecule has 0 aliphatic heterocycles. The fraction of sp³-hybridized carbons (Fsp3) is 0.235. The molecule has 0 amide bonds. The van der Waals surface area contributed by atoms with Crippen LogP contribution in [0.3, 0.4) is 0 Å². The van der Waals surface area contributed by atoms with E-state index in [2.05, 4.69) is 39.0 Å². The molecule has 2 rings (SSSR count). The van der Waals surface area contributed by atoms with Gasteiger partial charge in [-0.25, -0.2) is 0 Å². The van der Waals surface area contributed by atoms with Crippen LogP contribution in [0.1, 0.15) is 29.7 Å². The number of hydrogen-bond acceptors (Lipinski definition) is 3. The summed E-state index contributed by atoms with van der Waals surface area (Å²) in [5, 5.41) is 8.96. The van der Waals surface area contributed by atoms with Crippen LogP contribution in [-0.4, -0.2) is 7.05 Å². The van der Waals surface area contributed by atoms with Crippen LogP contribution in [-0.2, 0) is 6.54 Å². The maximum absolute atomic E-state index is 8.96. The van der Waals surface area contributed by atoms with Gasteiger partial charge >= 0.3 is 0 Å². The van der Waals surface area contributed by atoms with Gasteiger partial charge in [-0.3, -0.25) is 0 Å². The Bertz CT molecular complexity index is 674. The number of nitrogens with zero attached hydrogens (tertiary/aromatic N) is 2. The van der Waals surface area contributed by atoms with Gasteiger partial charge in [0.05, 0.1) is 17.3 Å². The molecule has 21 heavy (non-hydrogen) atoms. The molecule has 0 aliphatic rings. The highest BCUT2D eigenvalue weighted by Gasteiger charge is 2.09. The van der Waals surface area contributed by atoms with Gasteiger partial charge in [-0.05, 0) is 58.2 Å². The van der Waals surface area contributed by atoms with Gasteiger partial charge in [-0.15, -0.1) is 0 Å². The van der Waals surface area contributed by atoms with Gasteiger partial charge in [0.25, 0.3) is 0 Å². The number of benzene rings is 2. The maximum Gasteiger partial charge on any atom is 0.0991 e. The first-order valence-corrected chi connectivity index (χ1v) is 7.55. The third-order valence-corrected chi connectivity index (χ3v) is 4.02. The molecule has 2 aromatic rings. The molecule has 0 aromatic heterocycles. The highest BCUT2D eigenvalue weighted by molar-refractivity contribution is 9.10. The van der Waals surface area contributed by atoms with Crippen LogP contribution in [0.2, 0.25) is 0 Å². The van der Waals surface area contributed by atoms with Crippen LogP contribution in [0.25, 0.3) is 0 Å². The Labute approximate surface area is 134 Å². The minimum absolute atomic E-state index is 0.0213. The van der Waals surface area contributed by atoms with Crippen molar-refractivity contribution < 1.29 is 0 Å². The van der Waals surface area contributed by atoms with E-state index in [1.807, 2.05) is 44.3 Å². The molecule has 0 spiro atoms. The zero-order valence-corrected chi connectivity index (χ0v) is 13.8. The average molecular weight is 344 g/mol. The van der Waals surface area contributed by atoms with Crippen LogP contribution in [0.15, 0.2) is 46.9 Å². The lowest BCUT2D eigenvalue weighted by molar-refractivity contribution is 0.816. The van der Waals surface area contributed by atoms with Gasteiger partial charge < -0.3 is 10.6 Å². The van der Waals surface area contributed by atoms with Crippen LogP contribution in [0, 0.1) is 11.3 Å². The molecule has 0 bridgehead atoms. The molecule has 4 heteroatoms. The standard InChI is InChI=1S/C17H18BrN3/c1-12(20)15-6-7-17(16(18)9-15)21(2)11-14-5-3-4-13(8-14)10-19/h3-9,12H,11,20H2,1-2H3. The van der Waals surface area contributed by atoms with E-state index in [1.165, 1.54) is 0 Å². The van der Waals surface area contributed by atoms with E-state index in [9.17, 15) is 0 Å². The van der Waals surface area contributed by atoms with Gasteiger partial charge in [0.1, 0.15) is 0 Å². The summed E-state index contributed by atoms with van der Waals surface area (Å²) in [6.07, 6.45) is 0. The molecule has 108 valence electrons. The van der Waals surface area contributed by atoms with E-state index >= 15 is 0 Å². The van der Waals surface area contributed by atoms with Crippen molar-refractivity contribution in [2.45, 2.75) is 19.5 Å². The lowest BCUT2D eigenvalue weighted by atomic mass is 10.1. The van der Waals surface area contributed by atoms with Gasteiger partial charge in [0.2, 0.25) is 0 Å². The van der Waals surface area contributed by atoms with Crippen LogP contribution in [0.4, 0.5) is 5.69 Å². The van der Waals surface area contributed by atoms with Crippen molar-refractivity contribution in [3.05, 3.63) is 63.6 Å². The minimum Gasteiger partial charge on any atom is -0.369 e. The first-order valence-electron chi connectivity index (χ1n) is 6.76. The van der Waals surface area contributed by atoms with E-state index < -0.39 is 0 Å². The predicted octanol–water partition coefficient (Wildman–Crippen LogP) is 3.98. The number of halogens is 1. The summed E-state index contributed by atoms with van der Waals surface area (Å²) in [6, 6.07) is 16.0. The summed E-state index contributed by atoms with van der Waals surface area (Å²) >= 11 is 3.61. The molecule has 0 saturated carbocycles. The molecule has 0 radical (unpaired) electrons. The van der Waals surface area contributed by atoms with Gasteiger partial charge in [-0.1, -0.05) is 18.2 Å². The van der Waals surface area contributed by atoms with E-state index in [0.29, 0.717) is 5.56 Å². The Balaban J connectivity index is 2.20. The third kappa shape index (κ3) is 3.84. The van der Waals surface area contributed by atoms with E-state index in [-0.39, 0.29) is 6.04 Å². The fourth-order valence-corrected chi connectivity index (χ4v) is 2.91. The van der Waals surface area contributed by atoms with E-state index in [4.69, 9.17) is 11.0 Å². The first kappa shape index (κ1) is 15.6. The Morgan fingerprint density at radius 2 is 2.05 bits per heavy atom. The molecule has 0 aliphatic carbocycles. The van der Waals surface area contributed by atoms with Gasteiger partial charge in [0.15, 0.2) is 0 Å². The Morgan fingerprint density at radius 3 is 2.67 bits per heavy atom. The minimum atomic E-state index is 0.0213. The lowest BCUT2D eigenvalue weighted by Crippen LogP contribution is -2.17. The molecule has 3 nitrogen and oxygen atoms in total.